The minimum atomic E-state index is 0.202. The van der Waals surface area contributed by atoms with Crippen molar-refractivity contribution >= 4 is 5.91 Å². The number of amides is 1. The van der Waals surface area contributed by atoms with Gasteiger partial charge >= 0.3 is 0 Å². The van der Waals surface area contributed by atoms with Gasteiger partial charge in [0.25, 0.3) is 0 Å². The van der Waals surface area contributed by atoms with E-state index in [4.69, 9.17) is 0 Å². The molecule has 0 aromatic rings. The van der Waals surface area contributed by atoms with Gasteiger partial charge in [-0.2, -0.15) is 0 Å². The van der Waals surface area contributed by atoms with Crippen molar-refractivity contribution in [3.05, 3.63) is 0 Å². The molecule has 0 aromatic carbocycles. The summed E-state index contributed by atoms with van der Waals surface area (Å²) in [6.07, 6.45) is 7.06. The van der Waals surface area contributed by atoms with Crippen LogP contribution in [0.4, 0.5) is 0 Å². The van der Waals surface area contributed by atoms with E-state index in [1.54, 1.807) is 0 Å². The Labute approximate surface area is 118 Å². The SMILES string of the molecule is CCNC1CCN(C(=O)C2CCCCC2(C)C)CC1. The van der Waals surface area contributed by atoms with Crippen LogP contribution in [-0.2, 0) is 4.79 Å². The van der Waals surface area contributed by atoms with Gasteiger partial charge in [-0.25, -0.2) is 0 Å². The van der Waals surface area contributed by atoms with Crippen molar-refractivity contribution in [1.82, 2.24) is 10.2 Å². The highest BCUT2D eigenvalue weighted by molar-refractivity contribution is 5.79. The number of hydrogen-bond acceptors (Lipinski definition) is 2. The fraction of sp³-hybridized carbons (Fsp3) is 0.938. The van der Waals surface area contributed by atoms with Crippen LogP contribution in [0.5, 0.6) is 0 Å². The predicted molar refractivity (Wildman–Crippen MR) is 79.0 cm³/mol. The fourth-order valence-electron chi connectivity index (χ4n) is 3.76. The zero-order valence-electron chi connectivity index (χ0n) is 12.9. The van der Waals surface area contributed by atoms with Crippen molar-refractivity contribution in [1.29, 1.82) is 0 Å². The maximum atomic E-state index is 12.7. The molecule has 1 saturated heterocycles. The molecule has 0 radical (unpaired) electrons. The number of nitrogens with one attached hydrogen (secondary N) is 1. The zero-order valence-corrected chi connectivity index (χ0v) is 12.9. The molecular formula is C16H30N2O. The van der Waals surface area contributed by atoms with Gasteiger partial charge in [-0.3, -0.25) is 4.79 Å². The van der Waals surface area contributed by atoms with E-state index in [-0.39, 0.29) is 11.3 Å². The smallest absolute Gasteiger partial charge is 0.226 e. The first-order valence-corrected chi connectivity index (χ1v) is 8.07. The summed E-state index contributed by atoms with van der Waals surface area (Å²) in [5, 5.41) is 3.50. The number of hydrogen-bond donors (Lipinski definition) is 1. The Balaban J connectivity index is 1.90. The lowest BCUT2D eigenvalue weighted by Crippen LogP contribution is -2.49. The number of piperidine rings is 1. The van der Waals surface area contributed by atoms with Crippen molar-refractivity contribution in [2.45, 2.75) is 65.3 Å². The second kappa shape index (κ2) is 6.25. The lowest BCUT2D eigenvalue weighted by atomic mass is 9.68. The number of nitrogens with zero attached hydrogens (tertiary/aromatic N) is 1. The molecule has 1 N–H and O–H groups in total. The number of carbonyl (C=O) groups is 1. The largest absolute Gasteiger partial charge is 0.342 e. The molecule has 2 rings (SSSR count). The molecule has 1 unspecified atom stereocenters. The van der Waals surface area contributed by atoms with Gasteiger partial charge in [0.1, 0.15) is 0 Å². The Kier molecular flexibility index (Phi) is 4.88. The van der Waals surface area contributed by atoms with Gasteiger partial charge in [0.2, 0.25) is 5.91 Å². The van der Waals surface area contributed by atoms with Crippen molar-refractivity contribution in [2.24, 2.45) is 11.3 Å². The van der Waals surface area contributed by atoms with Crippen LogP contribution in [0.25, 0.3) is 0 Å². The average Bonchev–Trinajstić information content (AvgIpc) is 2.39. The molecule has 0 aromatic heterocycles. The van der Waals surface area contributed by atoms with Crippen LogP contribution in [0.15, 0.2) is 0 Å². The molecular weight excluding hydrogens is 236 g/mol. The van der Waals surface area contributed by atoms with Crippen LogP contribution >= 0.6 is 0 Å². The summed E-state index contributed by atoms with van der Waals surface area (Å²) in [6.45, 7) is 9.64. The molecule has 1 heterocycles. The van der Waals surface area contributed by atoms with Crippen LogP contribution in [0, 0.1) is 11.3 Å². The van der Waals surface area contributed by atoms with E-state index in [0.29, 0.717) is 11.9 Å². The lowest BCUT2D eigenvalue weighted by Gasteiger charge is -2.42. The van der Waals surface area contributed by atoms with Crippen LogP contribution in [-0.4, -0.2) is 36.5 Å². The van der Waals surface area contributed by atoms with E-state index in [1.165, 1.54) is 19.3 Å². The Morgan fingerprint density at radius 2 is 1.89 bits per heavy atom. The van der Waals surface area contributed by atoms with Crippen molar-refractivity contribution in [3.63, 3.8) is 0 Å². The standard InChI is InChI=1S/C16H30N2O/c1-4-17-13-8-11-18(12-9-13)15(19)14-7-5-6-10-16(14,2)3/h13-14,17H,4-12H2,1-3H3. The molecule has 1 atom stereocenters. The molecule has 3 heteroatoms. The second-order valence-corrected chi connectivity index (χ2v) is 6.94. The van der Waals surface area contributed by atoms with Gasteiger partial charge in [-0.05, 0) is 37.6 Å². The Bertz CT molecular complexity index is 306. The van der Waals surface area contributed by atoms with E-state index in [0.717, 1.165) is 38.9 Å². The van der Waals surface area contributed by atoms with Crippen molar-refractivity contribution in [3.8, 4) is 0 Å². The molecule has 2 aliphatic rings. The fourth-order valence-corrected chi connectivity index (χ4v) is 3.76. The first kappa shape index (κ1) is 14.8. The molecule has 0 spiro atoms. The van der Waals surface area contributed by atoms with E-state index in [2.05, 4.69) is 31.0 Å². The second-order valence-electron chi connectivity index (χ2n) is 6.94. The van der Waals surface area contributed by atoms with Crippen LogP contribution < -0.4 is 5.32 Å². The van der Waals surface area contributed by atoms with E-state index in [9.17, 15) is 4.79 Å². The third-order valence-corrected chi connectivity index (χ3v) is 5.10. The summed E-state index contributed by atoms with van der Waals surface area (Å²) >= 11 is 0. The summed E-state index contributed by atoms with van der Waals surface area (Å²) < 4.78 is 0. The minimum absolute atomic E-state index is 0.202. The maximum absolute atomic E-state index is 12.7. The third-order valence-electron chi connectivity index (χ3n) is 5.10. The van der Waals surface area contributed by atoms with E-state index >= 15 is 0 Å². The topological polar surface area (TPSA) is 32.3 Å². The molecule has 1 amide bonds. The van der Waals surface area contributed by atoms with Gasteiger partial charge in [0.05, 0.1) is 0 Å². The third kappa shape index (κ3) is 3.50. The number of rotatable bonds is 3. The lowest BCUT2D eigenvalue weighted by molar-refractivity contribution is -0.142. The molecule has 1 saturated carbocycles. The first-order valence-electron chi connectivity index (χ1n) is 8.07. The van der Waals surface area contributed by atoms with Gasteiger partial charge in [0, 0.05) is 25.0 Å². The molecule has 0 bridgehead atoms. The molecule has 1 aliphatic heterocycles. The van der Waals surface area contributed by atoms with Crippen molar-refractivity contribution < 1.29 is 4.79 Å². The van der Waals surface area contributed by atoms with E-state index < -0.39 is 0 Å². The summed E-state index contributed by atoms with van der Waals surface area (Å²) in [4.78, 5) is 14.9. The highest BCUT2D eigenvalue weighted by atomic mass is 16.2. The maximum Gasteiger partial charge on any atom is 0.226 e. The van der Waals surface area contributed by atoms with Crippen LogP contribution in [0.3, 0.4) is 0 Å². The number of carbonyl (C=O) groups excluding carboxylic acids is 1. The van der Waals surface area contributed by atoms with Gasteiger partial charge in [-0.1, -0.05) is 33.6 Å². The monoisotopic (exact) mass is 266 g/mol. The summed E-state index contributed by atoms with van der Waals surface area (Å²) in [5.74, 6) is 0.691. The summed E-state index contributed by atoms with van der Waals surface area (Å²) in [5.41, 5.74) is 0.202. The molecule has 1 aliphatic carbocycles. The Hall–Kier alpha value is -0.570. The molecule has 2 fully saturated rings. The summed E-state index contributed by atoms with van der Waals surface area (Å²) in [7, 11) is 0. The molecule has 3 nitrogen and oxygen atoms in total. The van der Waals surface area contributed by atoms with Gasteiger partial charge in [-0.15, -0.1) is 0 Å². The highest BCUT2D eigenvalue weighted by Crippen LogP contribution is 2.41. The van der Waals surface area contributed by atoms with Crippen LogP contribution in [0.1, 0.15) is 59.3 Å². The quantitative estimate of drug-likeness (QED) is 0.852. The van der Waals surface area contributed by atoms with Crippen LogP contribution in [0.2, 0.25) is 0 Å². The van der Waals surface area contributed by atoms with Gasteiger partial charge in [0.15, 0.2) is 0 Å². The van der Waals surface area contributed by atoms with E-state index in [1.807, 2.05) is 0 Å². The summed E-state index contributed by atoms with van der Waals surface area (Å²) in [6, 6.07) is 0.619. The zero-order chi connectivity index (χ0) is 13.9. The minimum Gasteiger partial charge on any atom is -0.342 e. The van der Waals surface area contributed by atoms with Crippen molar-refractivity contribution in [2.75, 3.05) is 19.6 Å². The highest BCUT2D eigenvalue weighted by Gasteiger charge is 2.39. The van der Waals surface area contributed by atoms with Gasteiger partial charge < -0.3 is 10.2 Å². The molecule has 110 valence electrons. The molecule has 19 heavy (non-hydrogen) atoms. The predicted octanol–water partition coefficient (Wildman–Crippen LogP) is 2.80. The Morgan fingerprint density at radius 1 is 1.21 bits per heavy atom. The number of likely N-dealkylation sites (tertiary alicyclic amines) is 1. The first-order chi connectivity index (χ1) is 9.04. The Morgan fingerprint density at radius 3 is 2.47 bits per heavy atom. The normalized spacial score (nSPS) is 28.4. The average molecular weight is 266 g/mol.